The van der Waals surface area contributed by atoms with E-state index in [4.69, 9.17) is 11.1 Å². The number of nitrogens with two attached hydrogens (primary N) is 1. The highest BCUT2D eigenvalue weighted by molar-refractivity contribution is 5.97. The van der Waals surface area contributed by atoms with E-state index in [1.807, 2.05) is 0 Å². The molecule has 5 N–H and O–H groups in total. The highest BCUT2D eigenvalue weighted by Crippen LogP contribution is 2.16. The van der Waals surface area contributed by atoms with Crippen LogP contribution in [0.2, 0.25) is 0 Å². The molecule has 0 fully saturated rings. The Morgan fingerprint density at radius 1 is 0.818 bits per heavy atom. The van der Waals surface area contributed by atoms with Crippen molar-refractivity contribution in [2.24, 2.45) is 5.73 Å². The van der Waals surface area contributed by atoms with Crippen LogP contribution >= 0.6 is 0 Å². The molecule has 0 radical (unpaired) electrons. The van der Waals surface area contributed by atoms with Gasteiger partial charge in [0.15, 0.2) is 6.23 Å². The zero-order chi connectivity index (χ0) is 24.3. The average Bonchev–Trinajstić information content (AvgIpc) is 2.81. The first kappa shape index (κ1) is 29.0. The molecule has 33 heavy (non-hydrogen) atoms. The number of rotatable bonds is 20. The lowest BCUT2D eigenvalue weighted by molar-refractivity contribution is 0.0363. The van der Waals surface area contributed by atoms with Gasteiger partial charge in [-0.1, -0.05) is 103 Å². The van der Waals surface area contributed by atoms with Crippen LogP contribution < -0.4 is 5.73 Å². The van der Waals surface area contributed by atoms with Crippen LogP contribution in [0.25, 0.3) is 0 Å². The first-order valence-corrected chi connectivity index (χ1v) is 13.1. The Hall–Kier alpha value is -2.08. The minimum absolute atomic E-state index is 0.0722. The molecule has 0 spiro atoms. The molecule has 1 rings (SSSR count). The third-order valence-electron chi connectivity index (χ3n) is 6.20. The van der Waals surface area contributed by atoms with Crippen molar-refractivity contribution in [1.29, 1.82) is 5.41 Å². The Labute approximate surface area is 201 Å². The fraction of sp³-hybridized carbons (Fsp3) is 0.704. The maximum absolute atomic E-state index is 12.7. The van der Waals surface area contributed by atoms with Crippen LogP contribution in [-0.4, -0.2) is 39.6 Å². The van der Waals surface area contributed by atoms with Gasteiger partial charge in [-0.05, 0) is 30.7 Å². The molecule has 0 saturated heterocycles. The predicted molar refractivity (Wildman–Crippen MR) is 137 cm³/mol. The van der Waals surface area contributed by atoms with E-state index in [1.165, 1.54) is 113 Å². The largest absolute Gasteiger partial charge is 0.508 e. The Balaban J connectivity index is 2.12. The number of nitrogens with zero attached hydrogens (tertiary/aromatic N) is 1. The molecule has 0 bridgehead atoms. The summed E-state index contributed by atoms with van der Waals surface area (Å²) >= 11 is 0. The molecule has 0 saturated carbocycles. The summed E-state index contributed by atoms with van der Waals surface area (Å²) in [6.07, 6.45) is 18.9. The molecular formula is C27H47N3O3. The number of aliphatic hydroxyl groups is 1. The van der Waals surface area contributed by atoms with Gasteiger partial charge < -0.3 is 20.8 Å². The molecule has 1 unspecified atom stereocenters. The molecule has 6 nitrogen and oxygen atoms in total. The lowest BCUT2D eigenvalue weighted by atomic mass is 10.0. The second kappa shape index (κ2) is 18.4. The molecular weight excluding hydrogens is 414 g/mol. The van der Waals surface area contributed by atoms with Gasteiger partial charge in [0, 0.05) is 12.1 Å². The van der Waals surface area contributed by atoms with E-state index < -0.39 is 18.0 Å². The van der Waals surface area contributed by atoms with Crippen LogP contribution in [0.4, 0.5) is 0 Å². The number of benzene rings is 1. The zero-order valence-corrected chi connectivity index (χ0v) is 20.7. The Kier molecular flexibility index (Phi) is 16.1. The maximum Gasteiger partial charge on any atom is 0.256 e. The number of amidine groups is 1. The number of phenolic OH excluding ortho intramolecular Hbond substituents is 1. The number of carbonyl (C=O) groups is 1. The first-order chi connectivity index (χ1) is 16.0. The Bertz CT molecular complexity index is 649. The number of unbranched alkanes of at least 4 members (excludes halogenated alkanes) is 15. The van der Waals surface area contributed by atoms with E-state index in [0.717, 1.165) is 19.3 Å². The molecule has 1 aromatic carbocycles. The number of aliphatic hydroxyl groups excluding tert-OH is 1. The van der Waals surface area contributed by atoms with Crippen molar-refractivity contribution in [3.63, 3.8) is 0 Å². The maximum atomic E-state index is 12.7. The van der Waals surface area contributed by atoms with Crippen molar-refractivity contribution in [3.8, 4) is 5.75 Å². The van der Waals surface area contributed by atoms with Crippen molar-refractivity contribution in [2.75, 3.05) is 6.54 Å². The number of nitrogens with one attached hydrogen (secondary N) is 1. The molecule has 0 aromatic heterocycles. The van der Waals surface area contributed by atoms with Gasteiger partial charge in [-0.25, -0.2) is 0 Å². The van der Waals surface area contributed by atoms with Crippen molar-refractivity contribution >= 4 is 11.7 Å². The van der Waals surface area contributed by atoms with Gasteiger partial charge in [0.1, 0.15) is 11.6 Å². The first-order valence-electron chi connectivity index (χ1n) is 13.1. The Morgan fingerprint density at radius 3 is 1.61 bits per heavy atom. The molecule has 6 heteroatoms. The van der Waals surface area contributed by atoms with Gasteiger partial charge in [0.05, 0.1) is 0 Å². The molecule has 188 valence electrons. The minimum Gasteiger partial charge on any atom is -0.508 e. The number of aromatic hydroxyl groups is 1. The second-order valence-corrected chi connectivity index (χ2v) is 9.18. The van der Waals surface area contributed by atoms with Crippen LogP contribution in [0.1, 0.15) is 120 Å². The van der Waals surface area contributed by atoms with Crippen molar-refractivity contribution < 1.29 is 15.0 Å². The highest BCUT2D eigenvalue weighted by Gasteiger charge is 2.24. The van der Waals surface area contributed by atoms with Gasteiger partial charge in [0.25, 0.3) is 5.91 Å². The van der Waals surface area contributed by atoms with Crippen LogP contribution in [-0.2, 0) is 0 Å². The van der Waals surface area contributed by atoms with Crippen molar-refractivity contribution in [2.45, 2.75) is 116 Å². The van der Waals surface area contributed by atoms with E-state index in [1.54, 1.807) is 0 Å². The van der Waals surface area contributed by atoms with Gasteiger partial charge in [-0.3, -0.25) is 10.2 Å². The summed E-state index contributed by atoms with van der Waals surface area (Å²) in [5.74, 6) is -0.764. The molecule has 1 atom stereocenters. The zero-order valence-electron chi connectivity index (χ0n) is 20.7. The SMILES string of the molecule is CCCCCCCCCCCCCCCCCCN(C(=O)c1ccc(O)cc1)C(O)C(=N)N. The lowest BCUT2D eigenvalue weighted by Gasteiger charge is -2.27. The molecule has 1 aromatic rings. The smallest absolute Gasteiger partial charge is 0.256 e. The third kappa shape index (κ3) is 13.3. The van der Waals surface area contributed by atoms with E-state index in [2.05, 4.69) is 6.92 Å². The number of hydrogen-bond acceptors (Lipinski definition) is 4. The van der Waals surface area contributed by atoms with E-state index in [-0.39, 0.29) is 5.75 Å². The van der Waals surface area contributed by atoms with Crippen LogP contribution in [0.15, 0.2) is 24.3 Å². The van der Waals surface area contributed by atoms with Gasteiger partial charge >= 0.3 is 0 Å². The molecule has 1 amide bonds. The summed E-state index contributed by atoms with van der Waals surface area (Å²) in [6, 6.07) is 5.87. The summed E-state index contributed by atoms with van der Waals surface area (Å²) in [4.78, 5) is 14.0. The molecule has 0 aliphatic rings. The number of amides is 1. The Morgan fingerprint density at radius 2 is 1.21 bits per heavy atom. The minimum atomic E-state index is -1.43. The fourth-order valence-corrected chi connectivity index (χ4v) is 4.10. The summed E-state index contributed by atoms with van der Waals surface area (Å²) in [7, 11) is 0. The summed E-state index contributed by atoms with van der Waals surface area (Å²) in [5.41, 5.74) is 5.79. The number of carbonyl (C=O) groups excluding carboxylic acids is 1. The molecule has 0 aliphatic carbocycles. The molecule has 0 heterocycles. The summed E-state index contributed by atoms with van der Waals surface area (Å²) < 4.78 is 0. The average molecular weight is 462 g/mol. The number of hydrogen-bond donors (Lipinski definition) is 4. The molecule has 0 aliphatic heterocycles. The normalized spacial score (nSPS) is 11.9. The second-order valence-electron chi connectivity index (χ2n) is 9.18. The standard InChI is InChI=1S/C27H47N3O3/c1-2-3-4-5-6-7-8-9-10-11-12-13-14-15-16-17-22-30(27(33)25(28)29)26(32)23-18-20-24(31)21-19-23/h18-21,27,31,33H,2-17,22H2,1H3,(H3,28,29). The van der Waals surface area contributed by atoms with Gasteiger partial charge in [0.2, 0.25) is 0 Å². The summed E-state index contributed by atoms with van der Waals surface area (Å²) in [5, 5.41) is 27.1. The highest BCUT2D eigenvalue weighted by atomic mass is 16.3. The van der Waals surface area contributed by atoms with Gasteiger partial charge in [-0.2, -0.15) is 0 Å². The fourth-order valence-electron chi connectivity index (χ4n) is 4.10. The van der Waals surface area contributed by atoms with E-state index >= 15 is 0 Å². The van der Waals surface area contributed by atoms with Crippen LogP contribution in [0.5, 0.6) is 5.75 Å². The van der Waals surface area contributed by atoms with Crippen molar-refractivity contribution in [1.82, 2.24) is 4.90 Å². The van der Waals surface area contributed by atoms with Gasteiger partial charge in [-0.15, -0.1) is 0 Å². The third-order valence-corrected chi connectivity index (χ3v) is 6.20. The monoisotopic (exact) mass is 461 g/mol. The topological polar surface area (TPSA) is 111 Å². The predicted octanol–water partition coefficient (Wildman–Crippen LogP) is 6.35. The lowest BCUT2D eigenvalue weighted by Crippen LogP contribution is -2.48. The summed E-state index contributed by atoms with van der Waals surface area (Å²) in [6.45, 7) is 2.61. The van der Waals surface area contributed by atoms with Crippen LogP contribution in [0, 0.1) is 5.41 Å². The number of phenols is 1. The van der Waals surface area contributed by atoms with Crippen LogP contribution in [0.3, 0.4) is 0 Å². The quantitative estimate of drug-likeness (QED) is 0.0784. The van der Waals surface area contributed by atoms with E-state index in [0.29, 0.717) is 12.1 Å². The van der Waals surface area contributed by atoms with Crippen molar-refractivity contribution in [3.05, 3.63) is 29.8 Å². The van der Waals surface area contributed by atoms with E-state index in [9.17, 15) is 15.0 Å².